The molecule has 140 valence electrons. The zero-order valence-corrected chi connectivity index (χ0v) is 15.2. The topological polar surface area (TPSA) is 71.5 Å². The van der Waals surface area contributed by atoms with Gasteiger partial charge in [0.1, 0.15) is 11.5 Å². The van der Waals surface area contributed by atoms with Gasteiger partial charge in [-0.25, -0.2) is 0 Å². The molecule has 1 aliphatic heterocycles. The van der Waals surface area contributed by atoms with Gasteiger partial charge in [-0.3, -0.25) is 14.6 Å². The maximum absolute atomic E-state index is 12.7. The van der Waals surface area contributed by atoms with E-state index in [1.807, 2.05) is 24.3 Å². The quantitative estimate of drug-likeness (QED) is 0.726. The van der Waals surface area contributed by atoms with E-state index in [1.54, 1.807) is 53.7 Å². The Morgan fingerprint density at radius 3 is 2.54 bits per heavy atom. The Labute approximate surface area is 162 Å². The number of hydrogen-bond acceptors (Lipinski definition) is 4. The monoisotopic (exact) mass is 373 g/mol. The second-order valence-corrected chi connectivity index (χ2v) is 6.44. The van der Waals surface area contributed by atoms with Crippen LogP contribution in [0.1, 0.15) is 23.2 Å². The van der Waals surface area contributed by atoms with Gasteiger partial charge in [0.25, 0.3) is 5.91 Å². The summed E-state index contributed by atoms with van der Waals surface area (Å²) in [6.45, 7) is 0.673. The van der Waals surface area contributed by atoms with E-state index in [1.165, 1.54) is 0 Å². The van der Waals surface area contributed by atoms with Crippen LogP contribution in [-0.2, 0) is 4.79 Å². The summed E-state index contributed by atoms with van der Waals surface area (Å²) < 4.78 is 5.69. The van der Waals surface area contributed by atoms with Crippen molar-refractivity contribution in [3.8, 4) is 11.5 Å². The molecule has 4 rings (SSSR count). The highest BCUT2D eigenvalue weighted by atomic mass is 16.5. The van der Waals surface area contributed by atoms with Crippen molar-refractivity contribution in [3.05, 3.63) is 78.6 Å². The second-order valence-electron chi connectivity index (χ2n) is 6.44. The van der Waals surface area contributed by atoms with Crippen LogP contribution in [0.3, 0.4) is 0 Å². The summed E-state index contributed by atoms with van der Waals surface area (Å²) in [6.07, 6.45) is 4.67. The van der Waals surface area contributed by atoms with E-state index in [2.05, 4.69) is 10.3 Å². The SMILES string of the molecule is O=C(Nc1ccccc1N1CCCC1=O)c1ccc(Oc2cccnc2)cc1. The zero-order chi connectivity index (χ0) is 19.3. The minimum Gasteiger partial charge on any atom is -0.456 e. The van der Waals surface area contributed by atoms with Crippen molar-refractivity contribution in [1.29, 1.82) is 0 Å². The van der Waals surface area contributed by atoms with Crippen molar-refractivity contribution in [3.63, 3.8) is 0 Å². The molecule has 1 aromatic heterocycles. The lowest BCUT2D eigenvalue weighted by atomic mass is 10.2. The maximum Gasteiger partial charge on any atom is 0.255 e. The second kappa shape index (κ2) is 7.92. The fourth-order valence-electron chi connectivity index (χ4n) is 3.13. The first-order chi connectivity index (χ1) is 13.7. The van der Waals surface area contributed by atoms with E-state index in [0.717, 1.165) is 12.1 Å². The third-order valence-electron chi connectivity index (χ3n) is 4.50. The summed E-state index contributed by atoms with van der Waals surface area (Å²) in [7, 11) is 0. The first-order valence-electron chi connectivity index (χ1n) is 9.09. The van der Waals surface area contributed by atoms with Crippen LogP contribution in [-0.4, -0.2) is 23.3 Å². The van der Waals surface area contributed by atoms with Gasteiger partial charge in [0.2, 0.25) is 5.91 Å². The number of ether oxygens (including phenoxy) is 1. The smallest absolute Gasteiger partial charge is 0.255 e. The zero-order valence-electron chi connectivity index (χ0n) is 15.2. The summed E-state index contributed by atoms with van der Waals surface area (Å²) in [4.78, 5) is 30.5. The average molecular weight is 373 g/mol. The lowest BCUT2D eigenvalue weighted by Gasteiger charge is -2.20. The number of para-hydroxylation sites is 2. The molecule has 0 radical (unpaired) electrons. The van der Waals surface area contributed by atoms with Gasteiger partial charge in [0.05, 0.1) is 17.6 Å². The van der Waals surface area contributed by atoms with E-state index in [-0.39, 0.29) is 11.8 Å². The Bertz CT molecular complexity index is 987. The molecule has 0 unspecified atom stereocenters. The molecule has 6 nitrogen and oxygen atoms in total. The number of hydrogen-bond donors (Lipinski definition) is 1. The number of amides is 2. The molecule has 0 bridgehead atoms. The lowest BCUT2D eigenvalue weighted by Crippen LogP contribution is -2.25. The largest absolute Gasteiger partial charge is 0.456 e. The van der Waals surface area contributed by atoms with Crippen LogP contribution < -0.4 is 15.0 Å². The van der Waals surface area contributed by atoms with Gasteiger partial charge < -0.3 is 15.0 Å². The fourth-order valence-corrected chi connectivity index (χ4v) is 3.13. The van der Waals surface area contributed by atoms with E-state index >= 15 is 0 Å². The Morgan fingerprint density at radius 1 is 1.00 bits per heavy atom. The first kappa shape index (κ1) is 17.7. The molecule has 0 saturated carbocycles. The van der Waals surface area contributed by atoms with Crippen LogP contribution in [0.2, 0.25) is 0 Å². The Kier molecular flexibility index (Phi) is 5.01. The summed E-state index contributed by atoms with van der Waals surface area (Å²) in [6, 6.07) is 17.8. The predicted molar refractivity (Wildman–Crippen MR) is 107 cm³/mol. The molecule has 0 atom stereocenters. The van der Waals surface area contributed by atoms with Crippen LogP contribution in [0.25, 0.3) is 0 Å². The molecule has 1 N–H and O–H groups in total. The molecule has 2 heterocycles. The molecule has 0 aliphatic carbocycles. The van der Waals surface area contributed by atoms with Crippen molar-refractivity contribution in [2.24, 2.45) is 0 Å². The van der Waals surface area contributed by atoms with Crippen LogP contribution in [0.4, 0.5) is 11.4 Å². The van der Waals surface area contributed by atoms with E-state index in [4.69, 9.17) is 4.74 Å². The lowest BCUT2D eigenvalue weighted by molar-refractivity contribution is -0.117. The average Bonchev–Trinajstić information content (AvgIpc) is 3.15. The van der Waals surface area contributed by atoms with Gasteiger partial charge in [-0.1, -0.05) is 12.1 Å². The Balaban J connectivity index is 1.48. The number of carbonyl (C=O) groups excluding carboxylic acids is 2. The summed E-state index contributed by atoms with van der Waals surface area (Å²) >= 11 is 0. The van der Waals surface area contributed by atoms with Crippen molar-refractivity contribution in [2.75, 3.05) is 16.8 Å². The number of nitrogens with zero attached hydrogens (tertiary/aromatic N) is 2. The molecular formula is C22H19N3O3. The maximum atomic E-state index is 12.7. The minimum atomic E-state index is -0.243. The molecule has 1 aliphatic rings. The summed E-state index contributed by atoms with van der Waals surface area (Å²) in [5.41, 5.74) is 1.86. The third-order valence-corrected chi connectivity index (χ3v) is 4.50. The number of aromatic nitrogens is 1. The number of benzene rings is 2. The number of pyridine rings is 1. The molecule has 28 heavy (non-hydrogen) atoms. The predicted octanol–water partition coefficient (Wildman–Crippen LogP) is 4.25. The molecule has 1 fully saturated rings. The van der Waals surface area contributed by atoms with Gasteiger partial charge >= 0.3 is 0 Å². The van der Waals surface area contributed by atoms with Gasteiger partial charge in [0, 0.05) is 24.7 Å². The van der Waals surface area contributed by atoms with Crippen LogP contribution in [0.5, 0.6) is 11.5 Å². The highest BCUT2D eigenvalue weighted by Gasteiger charge is 2.24. The number of carbonyl (C=O) groups is 2. The fraction of sp³-hybridized carbons (Fsp3) is 0.136. The molecule has 3 aromatic rings. The van der Waals surface area contributed by atoms with Gasteiger partial charge in [0.15, 0.2) is 0 Å². The molecule has 1 saturated heterocycles. The van der Waals surface area contributed by atoms with Crippen molar-refractivity contribution < 1.29 is 14.3 Å². The van der Waals surface area contributed by atoms with Gasteiger partial charge in [-0.15, -0.1) is 0 Å². The number of anilines is 2. The molecular weight excluding hydrogens is 354 g/mol. The highest BCUT2D eigenvalue weighted by Crippen LogP contribution is 2.30. The standard InChI is InChI=1S/C22H19N3O3/c26-21-8-4-14-25(21)20-7-2-1-6-19(20)24-22(27)16-9-11-17(12-10-16)28-18-5-3-13-23-15-18/h1-3,5-7,9-13,15H,4,8,14H2,(H,24,27). The van der Waals surface area contributed by atoms with Crippen LogP contribution >= 0.6 is 0 Å². The van der Waals surface area contributed by atoms with Crippen molar-refractivity contribution in [1.82, 2.24) is 4.98 Å². The molecule has 0 spiro atoms. The molecule has 2 amide bonds. The van der Waals surface area contributed by atoms with Crippen molar-refractivity contribution in [2.45, 2.75) is 12.8 Å². The Hall–Kier alpha value is -3.67. The summed E-state index contributed by atoms with van der Waals surface area (Å²) in [5, 5.41) is 2.91. The van der Waals surface area contributed by atoms with E-state index < -0.39 is 0 Å². The summed E-state index contributed by atoms with van der Waals surface area (Å²) in [5.74, 6) is 1.09. The van der Waals surface area contributed by atoms with E-state index in [0.29, 0.717) is 35.7 Å². The minimum absolute atomic E-state index is 0.0820. The first-order valence-corrected chi connectivity index (χ1v) is 9.09. The Morgan fingerprint density at radius 2 is 1.82 bits per heavy atom. The molecule has 6 heteroatoms. The van der Waals surface area contributed by atoms with Crippen molar-refractivity contribution >= 4 is 23.2 Å². The van der Waals surface area contributed by atoms with Gasteiger partial charge in [-0.05, 0) is 55.0 Å². The third kappa shape index (κ3) is 3.86. The highest BCUT2D eigenvalue weighted by molar-refractivity contribution is 6.08. The van der Waals surface area contributed by atoms with Gasteiger partial charge in [-0.2, -0.15) is 0 Å². The number of nitrogens with one attached hydrogen (secondary N) is 1. The number of rotatable bonds is 5. The normalized spacial score (nSPS) is 13.4. The van der Waals surface area contributed by atoms with Crippen LogP contribution in [0, 0.1) is 0 Å². The molecule has 2 aromatic carbocycles. The van der Waals surface area contributed by atoms with E-state index in [9.17, 15) is 9.59 Å². The van der Waals surface area contributed by atoms with Crippen LogP contribution in [0.15, 0.2) is 73.1 Å².